The Balaban J connectivity index is 2.18. The molecule has 2 rings (SSSR count). The van der Waals surface area contributed by atoms with Gasteiger partial charge in [-0.2, -0.15) is 0 Å². The number of nitrogens with zero attached hydrogens (tertiary/aromatic N) is 4. The van der Waals surface area contributed by atoms with Crippen molar-refractivity contribution in [1.29, 1.82) is 0 Å². The fourth-order valence-corrected chi connectivity index (χ4v) is 2.00. The average molecular weight is 290 g/mol. The van der Waals surface area contributed by atoms with Gasteiger partial charge in [0.1, 0.15) is 17.8 Å². The standard InChI is InChI=1S/C15H22N4O2/c1-5-10-18(14(20)21-15(2,3)4)11-19-13-9-7-6-8-12(13)16-17-19/h6-9H,5,10-11H2,1-4H3. The number of hydrogen-bond acceptors (Lipinski definition) is 4. The number of benzene rings is 1. The molecule has 0 spiro atoms. The molecule has 21 heavy (non-hydrogen) atoms. The zero-order valence-electron chi connectivity index (χ0n) is 13.0. The predicted octanol–water partition coefficient (Wildman–Crippen LogP) is 3.04. The quantitative estimate of drug-likeness (QED) is 0.868. The van der Waals surface area contributed by atoms with Crippen LogP contribution in [0, 0.1) is 0 Å². The van der Waals surface area contributed by atoms with E-state index in [1.165, 1.54) is 0 Å². The third-order valence-corrected chi connectivity index (χ3v) is 2.87. The van der Waals surface area contributed by atoms with E-state index in [-0.39, 0.29) is 6.09 Å². The van der Waals surface area contributed by atoms with Crippen LogP contribution in [0.1, 0.15) is 34.1 Å². The number of amides is 1. The molecular weight excluding hydrogens is 268 g/mol. The predicted molar refractivity (Wildman–Crippen MR) is 80.8 cm³/mol. The summed E-state index contributed by atoms with van der Waals surface area (Å²) in [6.07, 6.45) is 0.523. The van der Waals surface area contributed by atoms with Gasteiger partial charge in [0.15, 0.2) is 0 Å². The Morgan fingerprint density at radius 1 is 1.33 bits per heavy atom. The molecule has 0 saturated carbocycles. The van der Waals surface area contributed by atoms with Gasteiger partial charge >= 0.3 is 6.09 Å². The van der Waals surface area contributed by atoms with E-state index in [0.717, 1.165) is 17.5 Å². The van der Waals surface area contributed by atoms with Crippen LogP contribution in [-0.4, -0.2) is 38.1 Å². The molecule has 1 heterocycles. The van der Waals surface area contributed by atoms with Crippen LogP contribution in [0.2, 0.25) is 0 Å². The van der Waals surface area contributed by atoms with E-state index < -0.39 is 5.60 Å². The lowest BCUT2D eigenvalue weighted by molar-refractivity contribution is 0.0181. The molecule has 114 valence electrons. The first-order chi connectivity index (χ1) is 9.90. The van der Waals surface area contributed by atoms with Crippen molar-refractivity contribution in [3.63, 3.8) is 0 Å². The van der Waals surface area contributed by atoms with Crippen LogP contribution in [0.3, 0.4) is 0 Å². The second-order valence-corrected chi connectivity index (χ2v) is 5.96. The Morgan fingerprint density at radius 2 is 2.05 bits per heavy atom. The highest BCUT2D eigenvalue weighted by atomic mass is 16.6. The van der Waals surface area contributed by atoms with Crippen molar-refractivity contribution in [3.05, 3.63) is 24.3 Å². The maximum atomic E-state index is 12.3. The maximum Gasteiger partial charge on any atom is 0.411 e. The SMILES string of the molecule is CCCN(Cn1nnc2ccccc21)C(=O)OC(C)(C)C. The molecule has 1 amide bonds. The van der Waals surface area contributed by atoms with Gasteiger partial charge in [0.25, 0.3) is 0 Å². The molecule has 6 heteroatoms. The molecule has 0 radical (unpaired) electrons. The number of aromatic nitrogens is 3. The van der Waals surface area contributed by atoms with Crippen LogP contribution in [0.5, 0.6) is 0 Å². The van der Waals surface area contributed by atoms with Crippen molar-refractivity contribution in [3.8, 4) is 0 Å². The minimum Gasteiger partial charge on any atom is -0.444 e. The lowest BCUT2D eigenvalue weighted by Gasteiger charge is -2.27. The number of carbonyl (C=O) groups is 1. The number of rotatable bonds is 4. The third-order valence-electron chi connectivity index (χ3n) is 2.87. The van der Waals surface area contributed by atoms with E-state index in [4.69, 9.17) is 4.74 Å². The molecular formula is C15H22N4O2. The van der Waals surface area contributed by atoms with Crippen molar-refractivity contribution in [1.82, 2.24) is 19.9 Å². The van der Waals surface area contributed by atoms with Gasteiger partial charge in [0, 0.05) is 6.54 Å². The Labute approximate surface area is 124 Å². The smallest absolute Gasteiger partial charge is 0.411 e. The molecule has 1 aromatic heterocycles. The van der Waals surface area contributed by atoms with E-state index in [0.29, 0.717) is 13.2 Å². The van der Waals surface area contributed by atoms with E-state index in [2.05, 4.69) is 10.3 Å². The summed E-state index contributed by atoms with van der Waals surface area (Å²) in [5.74, 6) is 0. The summed E-state index contributed by atoms with van der Waals surface area (Å²) >= 11 is 0. The van der Waals surface area contributed by atoms with Crippen LogP contribution in [-0.2, 0) is 11.4 Å². The highest BCUT2D eigenvalue weighted by Crippen LogP contribution is 2.14. The molecule has 6 nitrogen and oxygen atoms in total. The topological polar surface area (TPSA) is 60.2 Å². The number of carbonyl (C=O) groups excluding carboxylic acids is 1. The molecule has 0 aliphatic carbocycles. The second-order valence-electron chi connectivity index (χ2n) is 5.96. The highest BCUT2D eigenvalue weighted by Gasteiger charge is 2.22. The fourth-order valence-electron chi connectivity index (χ4n) is 2.00. The van der Waals surface area contributed by atoms with Gasteiger partial charge in [-0.1, -0.05) is 24.3 Å². The van der Waals surface area contributed by atoms with Gasteiger partial charge in [0.05, 0.1) is 5.52 Å². The van der Waals surface area contributed by atoms with Gasteiger partial charge < -0.3 is 4.74 Å². The summed E-state index contributed by atoms with van der Waals surface area (Å²) in [7, 11) is 0. The summed E-state index contributed by atoms with van der Waals surface area (Å²) in [6.45, 7) is 8.56. The molecule has 0 unspecified atom stereocenters. The Bertz CT molecular complexity index is 615. The van der Waals surface area contributed by atoms with E-state index in [1.807, 2.05) is 52.0 Å². The molecule has 1 aromatic carbocycles. The van der Waals surface area contributed by atoms with Crippen molar-refractivity contribution in [2.45, 2.75) is 46.4 Å². The summed E-state index contributed by atoms with van der Waals surface area (Å²) < 4.78 is 7.16. The van der Waals surface area contributed by atoms with Gasteiger partial charge in [-0.05, 0) is 39.3 Å². The summed E-state index contributed by atoms with van der Waals surface area (Å²) in [6, 6.07) is 7.68. The zero-order valence-corrected chi connectivity index (χ0v) is 13.0. The molecule has 0 N–H and O–H groups in total. The van der Waals surface area contributed by atoms with Gasteiger partial charge in [-0.15, -0.1) is 5.10 Å². The lowest BCUT2D eigenvalue weighted by Crippen LogP contribution is -2.38. The number of para-hydroxylation sites is 1. The monoisotopic (exact) mass is 290 g/mol. The normalized spacial score (nSPS) is 11.6. The van der Waals surface area contributed by atoms with Gasteiger partial charge in [-0.25, -0.2) is 9.48 Å². The average Bonchev–Trinajstić information content (AvgIpc) is 2.80. The summed E-state index contributed by atoms with van der Waals surface area (Å²) in [5.41, 5.74) is 1.22. The van der Waals surface area contributed by atoms with Gasteiger partial charge in [0.2, 0.25) is 0 Å². The molecule has 0 bridgehead atoms. The number of hydrogen-bond donors (Lipinski definition) is 0. The summed E-state index contributed by atoms with van der Waals surface area (Å²) in [5, 5.41) is 8.21. The molecule has 0 aliphatic rings. The first-order valence-electron chi connectivity index (χ1n) is 7.17. The lowest BCUT2D eigenvalue weighted by atomic mass is 10.2. The number of fused-ring (bicyclic) bond motifs is 1. The molecule has 0 atom stereocenters. The van der Waals surface area contributed by atoms with Crippen LogP contribution in [0.4, 0.5) is 4.79 Å². The van der Waals surface area contributed by atoms with Crippen LogP contribution < -0.4 is 0 Å². The molecule has 0 fully saturated rings. The maximum absolute atomic E-state index is 12.3. The largest absolute Gasteiger partial charge is 0.444 e. The Hall–Kier alpha value is -2.11. The number of ether oxygens (including phenoxy) is 1. The minimum absolute atomic E-state index is 0.330. The molecule has 0 saturated heterocycles. The highest BCUT2D eigenvalue weighted by molar-refractivity contribution is 5.74. The molecule has 0 aliphatic heterocycles. The van der Waals surface area contributed by atoms with Crippen molar-refractivity contribution in [2.75, 3.05) is 6.54 Å². The van der Waals surface area contributed by atoms with Crippen LogP contribution in [0.15, 0.2) is 24.3 Å². The molecule has 2 aromatic rings. The van der Waals surface area contributed by atoms with E-state index >= 15 is 0 Å². The third kappa shape index (κ3) is 3.93. The van der Waals surface area contributed by atoms with Crippen LogP contribution in [0.25, 0.3) is 11.0 Å². The van der Waals surface area contributed by atoms with Crippen molar-refractivity contribution >= 4 is 17.1 Å². The second kappa shape index (κ2) is 6.11. The van der Waals surface area contributed by atoms with Crippen molar-refractivity contribution < 1.29 is 9.53 Å². The van der Waals surface area contributed by atoms with Crippen molar-refractivity contribution in [2.24, 2.45) is 0 Å². The first-order valence-corrected chi connectivity index (χ1v) is 7.17. The zero-order chi connectivity index (χ0) is 15.5. The van der Waals surface area contributed by atoms with E-state index in [1.54, 1.807) is 9.58 Å². The van der Waals surface area contributed by atoms with Gasteiger partial charge in [-0.3, -0.25) is 4.90 Å². The minimum atomic E-state index is -0.506. The van der Waals surface area contributed by atoms with E-state index in [9.17, 15) is 4.79 Å². The fraction of sp³-hybridized carbons (Fsp3) is 0.533. The Morgan fingerprint density at radius 3 is 2.71 bits per heavy atom. The first kappa shape index (κ1) is 15.3. The Kier molecular flexibility index (Phi) is 4.45. The van der Waals surface area contributed by atoms with Crippen LogP contribution >= 0.6 is 0 Å². The summed E-state index contributed by atoms with van der Waals surface area (Å²) in [4.78, 5) is 13.9.